The summed E-state index contributed by atoms with van der Waals surface area (Å²) in [4.78, 5) is 17.9. The number of nitrogens with one attached hydrogen (secondary N) is 1. The Balaban J connectivity index is 1.70. The first-order valence-electron chi connectivity index (χ1n) is 9.68. The van der Waals surface area contributed by atoms with Crippen LogP contribution in [0.5, 0.6) is 11.5 Å². The van der Waals surface area contributed by atoms with Crippen molar-refractivity contribution >= 4 is 17.7 Å². The number of ether oxygens (including phenoxy) is 2. The Morgan fingerprint density at radius 2 is 2.00 bits per heavy atom. The fraction of sp³-hybridized carbons (Fsp3) is 0.304. The van der Waals surface area contributed by atoms with E-state index in [2.05, 4.69) is 24.1 Å². The number of benzene rings is 2. The number of carbonyl (C=O) groups is 1. The molecule has 0 saturated carbocycles. The highest BCUT2D eigenvalue weighted by Gasteiger charge is 2.14. The minimum absolute atomic E-state index is 0.140. The van der Waals surface area contributed by atoms with Crippen LogP contribution in [0.3, 0.4) is 0 Å². The van der Waals surface area contributed by atoms with E-state index in [9.17, 15) is 4.79 Å². The molecular weight excluding hydrogens is 400 g/mol. The van der Waals surface area contributed by atoms with Crippen LogP contribution in [0.1, 0.15) is 29.9 Å². The van der Waals surface area contributed by atoms with E-state index in [1.165, 1.54) is 11.8 Å². The molecule has 0 bridgehead atoms. The highest BCUT2D eigenvalue weighted by atomic mass is 32.2. The summed E-state index contributed by atoms with van der Waals surface area (Å²) in [7, 11) is 1.61. The second kappa shape index (κ2) is 10.2. The monoisotopic (exact) mass is 426 g/mol. The number of oxazole rings is 1. The molecule has 0 saturated heterocycles. The maximum atomic E-state index is 12.5. The highest BCUT2D eigenvalue weighted by molar-refractivity contribution is 7.98. The number of methoxy groups -OCH3 is 1. The molecule has 0 unspecified atom stereocenters. The maximum absolute atomic E-state index is 12.5. The minimum Gasteiger partial charge on any atom is -0.493 e. The Labute approximate surface area is 181 Å². The smallest absolute Gasteiger partial charge is 0.252 e. The van der Waals surface area contributed by atoms with Gasteiger partial charge in [0.05, 0.1) is 31.5 Å². The lowest BCUT2D eigenvalue weighted by Crippen LogP contribution is -2.23. The van der Waals surface area contributed by atoms with E-state index in [-0.39, 0.29) is 12.5 Å². The lowest BCUT2D eigenvalue weighted by atomic mass is 10.2. The molecule has 1 aromatic heterocycles. The summed E-state index contributed by atoms with van der Waals surface area (Å²) in [5.74, 6) is 2.02. The van der Waals surface area contributed by atoms with Gasteiger partial charge in [0.1, 0.15) is 6.26 Å². The van der Waals surface area contributed by atoms with E-state index in [0.29, 0.717) is 41.2 Å². The number of hydrogen-bond donors (Lipinski definition) is 1. The third kappa shape index (κ3) is 5.36. The first-order chi connectivity index (χ1) is 14.5. The van der Waals surface area contributed by atoms with Crippen LogP contribution in [0, 0.1) is 5.92 Å². The van der Waals surface area contributed by atoms with Gasteiger partial charge < -0.3 is 19.2 Å². The van der Waals surface area contributed by atoms with Crippen molar-refractivity contribution in [3.8, 4) is 23.0 Å². The average Bonchev–Trinajstić information content (AvgIpc) is 3.24. The van der Waals surface area contributed by atoms with E-state index in [0.717, 1.165) is 10.5 Å². The zero-order valence-corrected chi connectivity index (χ0v) is 18.4. The van der Waals surface area contributed by atoms with Gasteiger partial charge in [0.25, 0.3) is 5.91 Å². The third-order valence-electron chi connectivity index (χ3n) is 4.32. The van der Waals surface area contributed by atoms with Crippen LogP contribution < -0.4 is 14.8 Å². The second-order valence-corrected chi connectivity index (χ2v) is 7.95. The fourth-order valence-electron chi connectivity index (χ4n) is 2.80. The molecule has 0 aliphatic carbocycles. The number of hydrogen-bond acceptors (Lipinski definition) is 6. The number of thioether (sulfide) groups is 1. The van der Waals surface area contributed by atoms with Crippen LogP contribution in [0.15, 0.2) is 58.0 Å². The molecule has 0 aliphatic rings. The first kappa shape index (κ1) is 21.8. The Bertz CT molecular complexity index is 1000. The first-order valence-corrected chi connectivity index (χ1v) is 10.9. The molecule has 1 heterocycles. The van der Waals surface area contributed by atoms with Crippen molar-refractivity contribution in [1.82, 2.24) is 10.3 Å². The minimum atomic E-state index is -0.140. The molecule has 0 spiro atoms. The van der Waals surface area contributed by atoms with E-state index in [1.54, 1.807) is 13.4 Å². The number of amides is 1. The van der Waals surface area contributed by atoms with Crippen molar-refractivity contribution in [1.29, 1.82) is 0 Å². The van der Waals surface area contributed by atoms with Crippen molar-refractivity contribution in [3.63, 3.8) is 0 Å². The van der Waals surface area contributed by atoms with Gasteiger partial charge in [0.15, 0.2) is 11.5 Å². The quantitative estimate of drug-likeness (QED) is 0.484. The van der Waals surface area contributed by atoms with Gasteiger partial charge in [-0.25, -0.2) is 4.98 Å². The number of aromatic nitrogens is 1. The Kier molecular flexibility index (Phi) is 7.41. The van der Waals surface area contributed by atoms with Gasteiger partial charge in [-0.05, 0) is 42.5 Å². The highest BCUT2D eigenvalue weighted by Crippen LogP contribution is 2.32. The van der Waals surface area contributed by atoms with Gasteiger partial charge in [-0.2, -0.15) is 0 Å². The summed E-state index contributed by atoms with van der Waals surface area (Å²) in [6, 6.07) is 13.1. The topological polar surface area (TPSA) is 73.6 Å². The molecule has 3 aromatic rings. The van der Waals surface area contributed by atoms with Crippen molar-refractivity contribution in [2.75, 3.05) is 20.0 Å². The number of nitrogens with zero attached hydrogens (tertiary/aromatic N) is 1. The summed E-state index contributed by atoms with van der Waals surface area (Å²) < 4.78 is 16.9. The molecule has 7 heteroatoms. The maximum Gasteiger partial charge on any atom is 0.252 e. The van der Waals surface area contributed by atoms with Crippen molar-refractivity contribution < 1.29 is 18.7 Å². The Hall–Kier alpha value is -2.93. The van der Waals surface area contributed by atoms with Crippen LogP contribution >= 0.6 is 11.8 Å². The zero-order valence-electron chi connectivity index (χ0n) is 17.6. The van der Waals surface area contributed by atoms with Gasteiger partial charge in [0.2, 0.25) is 5.89 Å². The van der Waals surface area contributed by atoms with Crippen molar-refractivity contribution in [2.24, 2.45) is 5.92 Å². The Morgan fingerprint density at radius 1 is 1.20 bits per heavy atom. The number of rotatable bonds is 9. The molecule has 30 heavy (non-hydrogen) atoms. The normalized spacial score (nSPS) is 10.8. The fourth-order valence-corrected chi connectivity index (χ4v) is 3.39. The van der Waals surface area contributed by atoms with Crippen LogP contribution in [0.4, 0.5) is 0 Å². The van der Waals surface area contributed by atoms with Crippen LogP contribution in [0.25, 0.3) is 11.5 Å². The third-order valence-corrected chi connectivity index (χ3v) is 5.11. The standard InChI is InChI=1S/C23H26N2O4S/c1-15(2)13-28-20-11-16(9-10-19(20)27-3)23-25-17(14-29-23)12-24-22(26)18-7-5-6-8-21(18)30-4/h5-11,14-15H,12-13H2,1-4H3,(H,24,26). The molecule has 0 radical (unpaired) electrons. The molecule has 6 nitrogen and oxygen atoms in total. The zero-order chi connectivity index (χ0) is 21.5. The molecule has 0 fully saturated rings. The van der Waals surface area contributed by atoms with Gasteiger partial charge >= 0.3 is 0 Å². The second-order valence-electron chi connectivity index (χ2n) is 7.10. The molecule has 0 atom stereocenters. The lowest BCUT2D eigenvalue weighted by Gasteiger charge is -2.13. The van der Waals surface area contributed by atoms with E-state index in [4.69, 9.17) is 13.9 Å². The van der Waals surface area contributed by atoms with Gasteiger partial charge in [-0.15, -0.1) is 11.8 Å². The molecule has 3 rings (SSSR count). The van der Waals surface area contributed by atoms with E-state index in [1.807, 2.05) is 48.7 Å². The van der Waals surface area contributed by atoms with Gasteiger partial charge in [-0.3, -0.25) is 4.79 Å². The summed E-state index contributed by atoms with van der Waals surface area (Å²) in [5.41, 5.74) is 2.07. The Morgan fingerprint density at radius 3 is 2.73 bits per heavy atom. The predicted molar refractivity (Wildman–Crippen MR) is 118 cm³/mol. The molecular formula is C23H26N2O4S. The van der Waals surface area contributed by atoms with Gasteiger partial charge in [0, 0.05) is 10.5 Å². The SMILES string of the molecule is COc1ccc(-c2nc(CNC(=O)c3ccccc3SC)co2)cc1OCC(C)C. The molecule has 0 aliphatic heterocycles. The summed E-state index contributed by atoms with van der Waals surface area (Å²) in [6.07, 6.45) is 3.50. The summed E-state index contributed by atoms with van der Waals surface area (Å²) in [5, 5.41) is 2.90. The average molecular weight is 427 g/mol. The summed E-state index contributed by atoms with van der Waals surface area (Å²) in [6.45, 7) is 5.03. The molecule has 158 valence electrons. The van der Waals surface area contributed by atoms with Crippen molar-refractivity contribution in [3.05, 3.63) is 60.0 Å². The largest absolute Gasteiger partial charge is 0.493 e. The van der Waals surface area contributed by atoms with Crippen LogP contribution in [0.2, 0.25) is 0 Å². The molecule has 1 N–H and O–H groups in total. The lowest BCUT2D eigenvalue weighted by molar-refractivity contribution is 0.0947. The van der Waals surface area contributed by atoms with E-state index >= 15 is 0 Å². The van der Waals surface area contributed by atoms with Crippen LogP contribution in [-0.4, -0.2) is 30.9 Å². The predicted octanol–water partition coefficient (Wildman–Crippen LogP) is 5.04. The number of carbonyl (C=O) groups excluding carboxylic acids is 1. The van der Waals surface area contributed by atoms with Crippen LogP contribution in [-0.2, 0) is 6.54 Å². The van der Waals surface area contributed by atoms with Gasteiger partial charge in [-0.1, -0.05) is 26.0 Å². The van der Waals surface area contributed by atoms with E-state index < -0.39 is 0 Å². The molecule has 1 amide bonds. The molecule has 2 aromatic carbocycles. The van der Waals surface area contributed by atoms with Crippen molar-refractivity contribution in [2.45, 2.75) is 25.3 Å². The summed E-state index contributed by atoms with van der Waals surface area (Å²) >= 11 is 1.54.